The van der Waals surface area contributed by atoms with E-state index in [9.17, 15) is 18.0 Å². The van der Waals surface area contributed by atoms with Gasteiger partial charge in [0.05, 0.1) is 5.75 Å². The molecule has 2 aromatic carbocycles. The van der Waals surface area contributed by atoms with Crippen LogP contribution in [0, 0.1) is 0 Å². The molecule has 0 aliphatic heterocycles. The Bertz CT molecular complexity index is 1220. The van der Waals surface area contributed by atoms with E-state index in [1.54, 1.807) is 38.1 Å². The molecular weight excluding hydrogens is 440 g/mol. The Kier molecular flexibility index (Phi) is 7.88. The minimum absolute atomic E-state index is 0.104. The summed E-state index contributed by atoms with van der Waals surface area (Å²) in [5, 5.41) is 6.61. The summed E-state index contributed by atoms with van der Waals surface area (Å²) in [5.74, 6) is -0.675. The Morgan fingerprint density at radius 3 is 2.33 bits per heavy atom. The average Bonchev–Trinajstić information content (AvgIpc) is 3.14. The number of aromatic amines is 1. The van der Waals surface area contributed by atoms with Gasteiger partial charge in [0.1, 0.15) is 6.04 Å². The van der Waals surface area contributed by atoms with Crippen LogP contribution in [0.5, 0.6) is 0 Å². The molecule has 1 heterocycles. The third-order valence-corrected chi connectivity index (χ3v) is 6.60. The number of aromatic nitrogens is 1. The highest BCUT2D eigenvalue weighted by atomic mass is 32.2. The molecule has 1 atom stereocenters. The van der Waals surface area contributed by atoms with Gasteiger partial charge in [0.15, 0.2) is 0 Å². The van der Waals surface area contributed by atoms with Gasteiger partial charge in [0.2, 0.25) is 21.8 Å². The lowest BCUT2D eigenvalue weighted by molar-refractivity contribution is -0.128. The summed E-state index contributed by atoms with van der Waals surface area (Å²) in [7, 11) is -3.40. The van der Waals surface area contributed by atoms with E-state index in [-0.39, 0.29) is 30.2 Å². The highest BCUT2D eigenvalue weighted by Crippen LogP contribution is 2.19. The second kappa shape index (κ2) is 10.6. The maximum absolute atomic E-state index is 12.8. The summed E-state index contributed by atoms with van der Waals surface area (Å²) in [6.07, 6.45) is 2.21. The van der Waals surface area contributed by atoms with Crippen LogP contribution in [0.2, 0.25) is 0 Å². The maximum Gasteiger partial charge on any atom is 0.243 e. The van der Waals surface area contributed by atoms with Crippen LogP contribution in [0.25, 0.3) is 10.9 Å². The van der Waals surface area contributed by atoms with Crippen molar-refractivity contribution in [2.75, 3.05) is 0 Å². The second-order valence-corrected chi connectivity index (χ2v) is 10.1. The predicted octanol–water partition coefficient (Wildman–Crippen LogP) is 2.36. The Labute approximate surface area is 194 Å². The lowest BCUT2D eigenvalue weighted by Crippen LogP contribution is -2.47. The van der Waals surface area contributed by atoms with Crippen LogP contribution < -0.4 is 15.4 Å². The van der Waals surface area contributed by atoms with E-state index in [0.29, 0.717) is 12.0 Å². The van der Waals surface area contributed by atoms with Crippen molar-refractivity contribution in [3.63, 3.8) is 0 Å². The predicted molar refractivity (Wildman–Crippen MR) is 129 cm³/mol. The number of carbonyl (C=O) groups is 2. The quantitative estimate of drug-likeness (QED) is 0.364. The van der Waals surface area contributed by atoms with Gasteiger partial charge in [-0.25, -0.2) is 13.1 Å². The summed E-state index contributed by atoms with van der Waals surface area (Å²) in [4.78, 5) is 27.7. The van der Waals surface area contributed by atoms with E-state index in [1.165, 1.54) is 6.92 Å². The number of para-hydroxylation sites is 1. The van der Waals surface area contributed by atoms with Gasteiger partial charge in [-0.2, -0.15) is 0 Å². The Morgan fingerprint density at radius 2 is 1.67 bits per heavy atom. The van der Waals surface area contributed by atoms with E-state index in [4.69, 9.17) is 0 Å². The Morgan fingerprint density at radius 1 is 1.00 bits per heavy atom. The number of carbonyl (C=O) groups excluding carboxylic acids is 2. The standard InChI is InChI=1S/C24H30N4O4S/c1-16(2)28-33(31,32)15-19-10-8-18(9-11-19)13-26-24(30)23(27-17(3)29)12-20-14-25-22-7-5-4-6-21(20)22/h4-11,14,16,23,25,28H,12-13,15H2,1-3H3,(H,26,30)(H,27,29). The highest BCUT2D eigenvalue weighted by molar-refractivity contribution is 7.88. The third-order valence-electron chi connectivity index (χ3n) is 5.05. The minimum atomic E-state index is -3.40. The summed E-state index contributed by atoms with van der Waals surface area (Å²) in [5.41, 5.74) is 3.41. The van der Waals surface area contributed by atoms with Gasteiger partial charge in [-0.15, -0.1) is 0 Å². The molecule has 0 bridgehead atoms. The molecule has 3 aromatic rings. The van der Waals surface area contributed by atoms with Crippen LogP contribution in [0.1, 0.15) is 37.5 Å². The van der Waals surface area contributed by atoms with Crippen molar-refractivity contribution in [1.29, 1.82) is 0 Å². The molecule has 0 saturated heterocycles. The number of sulfonamides is 1. The normalized spacial score (nSPS) is 12.6. The molecular formula is C24H30N4O4S. The van der Waals surface area contributed by atoms with Gasteiger partial charge in [-0.05, 0) is 36.6 Å². The van der Waals surface area contributed by atoms with E-state index in [2.05, 4.69) is 20.3 Å². The number of fused-ring (bicyclic) bond motifs is 1. The van der Waals surface area contributed by atoms with Crippen molar-refractivity contribution < 1.29 is 18.0 Å². The highest BCUT2D eigenvalue weighted by Gasteiger charge is 2.21. The van der Waals surface area contributed by atoms with Gasteiger partial charge in [0.25, 0.3) is 0 Å². The minimum Gasteiger partial charge on any atom is -0.361 e. The fraction of sp³-hybridized carbons (Fsp3) is 0.333. The van der Waals surface area contributed by atoms with Gasteiger partial charge in [0, 0.05) is 43.0 Å². The first-order valence-electron chi connectivity index (χ1n) is 10.8. The molecule has 3 rings (SSSR count). The number of H-pyrrole nitrogens is 1. The lowest BCUT2D eigenvalue weighted by atomic mass is 10.0. The number of rotatable bonds is 10. The van der Waals surface area contributed by atoms with Crippen molar-refractivity contribution in [3.8, 4) is 0 Å². The first-order valence-corrected chi connectivity index (χ1v) is 12.5. The molecule has 0 fully saturated rings. The Balaban J connectivity index is 1.62. The Hall–Kier alpha value is -3.17. The number of nitrogens with one attached hydrogen (secondary N) is 4. The molecule has 9 heteroatoms. The fourth-order valence-electron chi connectivity index (χ4n) is 3.66. The van der Waals surface area contributed by atoms with Crippen molar-refractivity contribution in [2.45, 2.75) is 51.6 Å². The average molecular weight is 471 g/mol. The molecule has 1 aromatic heterocycles. The molecule has 0 aliphatic rings. The molecule has 0 radical (unpaired) electrons. The van der Waals surface area contributed by atoms with Crippen LogP contribution in [0.15, 0.2) is 54.7 Å². The second-order valence-electron chi connectivity index (χ2n) is 8.38. The molecule has 4 N–H and O–H groups in total. The van der Waals surface area contributed by atoms with Crippen LogP contribution in [0.3, 0.4) is 0 Å². The number of hydrogen-bond acceptors (Lipinski definition) is 4. The zero-order valence-corrected chi connectivity index (χ0v) is 19.8. The van der Waals surface area contributed by atoms with Crippen molar-refractivity contribution in [3.05, 3.63) is 71.4 Å². The van der Waals surface area contributed by atoms with Crippen LogP contribution >= 0.6 is 0 Å². The lowest BCUT2D eigenvalue weighted by Gasteiger charge is -2.17. The monoisotopic (exact) mass is 470 g/mol. The molecule has 33 heavy (non-hydrogen) atoms. The SMILES string of the molecule is CC(=O)NC(Cc1c[nH]c2ccccc12)C(=O)NCc1ccc(CS(=O)(=O)NC(C)C)cc1. The fourth-order valence-corrected chi connectivity index (χ4v) is 5.09. The molecule has 0 spiro atoms. The van der Waals surface area contributed by atoms with Gasteiger partial charge >= 0.3 is 0 Å². The maximum atomic E-state index is 12.8. The van der Waals surface area contributed by atoms with E-state index < -0.39 is 16.1 Å². The van der Waals surface area contributed by atoms with E-state index in [1.807, 2.05) is 30.5 Å². The number of benzene rings is 2. The smallest absolute Gasteiger partial charge is 0.243 e. The van der Waals surface area contributed by atoms with E-state index >= 15 is 0 Å². The molecule has 8 nitrogen and oxygen atoms in total. The molecule has 2 amide bonds. The summed E-state index contributed by atoms with van der Waals surface area (Å²) in [6.45, 7) is 5.20. The van der Waals surface area contributed by atoms with Crippen LogP contribution in [-0.4, -0.2) is 37.3 Å². The zero-order chi connectivity index (χ0) is 24.0. The number of amides is 2. The molecule has 0 saturated carbocycles. The first kappa shape index (κ1) is 24.5. The molecule has 0 aliphatic carbocycles. The van der Waals surface area contributed by atoms with Crippen molar-refractivity contribution >= 4 is 32.7 Å². The first-order chi connectivity index (χ1) is 15.6. The third kappa shape index (κ3) is 7.16. The topological polar surface area (TPSA) is 120 Å². The van der Waals surface area contributed by atoms with Gasteiger partial charge in [-0.3, -0.25) is 9.59 Å². The number of hydrogen-bond donors (Lipinski definition) is 4. The van der Waals surface area contributed by atoms with Crippen molar-refractivity contribution in [2.24, 2.45) is 0 Å². The van der Waals surface area contributed by atoms with E-state index in [0.717, 1.165) is 22.0 Å². The largest absolute Gasteiger partial charge is 0.361 e. The summed E-state index contributed by atoms with van der Waals surface area (Å²) in [6, 6.07) is 14.0. The zero-order valence-electron chi connectivity index (χ0n) is 19.0. The molecule has 176 valence electrons. The van der Waals surface area contributed by atoms with Gasteiger partial charge in [-0.1, -0.05) is 42.5 Å². The van der Waals surface area contributed by atoms with Crippen molar-refractivity contribution in [1.82, 2.24) is 20.3 Å². The summed E-state index contributed by atoms with van der Waals surface area (Å²) >= 11 is 0. The molecule has 1 unspecified atom stereocenters. The summed E-state index contributed by atoms with van der Waals surface area (Å²) < 4.78 is 26.7. The van der Waals surface area contributed by atoms with Crippen LogP contribution in [-0.2, 0) is 38.3 Å². The van der Waals surface area contributed by atoms with Crippen LogP contribution in [0.4, 0.5) is 0 Å². The van der Waals surface area contributed by atoms with Gasteiger partial charge < -0.3 is 15.6 Å².